The number of halogens is 1. The van der Waals surface area contributed by atoms with Gasteiger partial charge in [0, 0.05) is 24.4 Å². The number of hydrogen-bond donors (Lipinski definition) is 0. The van der Waals surface area contributed by atoms with Crippen molar-refractivity contribution >= 4 is 5.97 Å². The first-order valence-electron chi connectivity index (χ1n) is 7.85. The minimum Gasteiger partial charge on any atom is -0.461 e. The van der Waals surface area contributed by atoms with Gasteiger partial charge in [0.25, 0.3) is 0 Å². The fourth-order valence-electron chi connectivity index (χ4n) is 2.40. The minimum absolute atomic E-state index is 0.166. The van der Waals surface area contributed by atoms with Crippen molar-refractivity contribution in [1.82, 2.24) is 15.0 Å². The van der Waals surface area contributed by atoms with Crippen LogP contribution in [-0.4, -0.2) is 27.5 Å². The molecule has 0 radical (unpaired) electrons. The van der Waals surface area contributed by atoms with Gasteiger partial charge in [-0.15, -0.1) is 0 Å². The molecule has 6 heteroatoms. The molecule has 0 unspecified atom stereocenters. The highest BCUT2D eigenvalue weighted by Gasteiger charge is 2.17. The highest BCUT2D eigenvalue weighted by atomic mass is 19.1. The monoisotopic (exact) mass is 337 g/mol. The van der Waals surface area contributed by atoms with Gasteiger partial charge in [-0.1, -0.05) is 12.1 Å². The van der Waals surface area contributed by atoms with Gasteiger partial charge in [0.1, 0.15) is 5.82 Å². The van der Waals surface area contributed by atoms with Gasteiger partial charge in [0.05, 0.1) is 24.2 Å². The van der Waals surface area contributed by atoms with Gasteiger partial charge in [-0.05, 0) is 36.8 Å². The lowest BCUT2D eigenvalue weighted by atomic mass is 10.1. The highest BCUT2D eigenvalue weighted by molar-refractivity contribution is 5.88. The van der Waals surface area contributed by atoms with Crippen LogP contribution in [0.2, 0.25) is 0 Å². The van der Waals surface area contributed by atoms with Gasteiger partial charge in [-0.3, -0.25) is 4.98 Å². The van der Waals surface area contributed by atoms with Crippen LogP contribution in [0.3, 0.4) is 0 Å². The molecule has 0 bridgehead atoms. The third-order valence-corrected chi connectivity index (χ3v) is 3.55. The molecule has 3 aromatic rings. The zero-order chi connectivity index (χ0) is 17.6. The van der Waals surface area contributed by atoms with Crippen molar-refractivity contribution < 1.29 is 13.9 Å². The normalized spacial score (nSPS) is 10.5. The van der Waals surface area contributed by atoms with Crippen molar-refractivity contribution in [3.8, 4) is 11.3 Å². The fourth-order valence-corrected chi connectivity index (χ4v) is 2.40. The predicted octanol–water partition coefficient (Wildman–Crippen LogP) is 3.45. The van der Waals surface area contributed by atoms with E-state index in [0.717, 1.165) is 5.56 Å². The van der Waals surface area contributed by atoms with Crippen molar-refractivity contribution in [2.24, 2.45) is 0 Å². The number of aromatic nitrogens is 3. The number of nitrogens with zero attached hydrogens (tertiary/aromatic N) is 3. The van der Waals surface area contributed by atoms with E-state index in [1.54, 1.807) is 31.5 Å². The smallest absolute Gasteiger partial charge is 0.358 e. The lowest BCUT2D eigenvalue weighted by Gasteiger charge is -2.10. The minimum atomic E-state index is -0.523. The Morgan fingerprint density at radius 1 is 1.20 bits per heavy atom. The number of pyridine rings is 1. The molecule has 1 aromatic carbocycles. The van der Waals surface area contributed by atoms with E-state index in [2.05, 4.69) is 15.0 Å². The first-order chi connectivity index (χ1) is 12.2. The molecule has 5 nitrogen and oxygen atoms in total. The average molecular weight is 337 g/mol. The standard InChI is InChI=1S/C19H16FN3O2/c1-2-25-19(24)18-16(10-13-6-8-21-9-7-13)23-17(12-22-18)14-4-3-5-15(20)11-14/h3-9,11-12H,2,10H2,1H3. The predicted molar refractivity (Wildman–Crippen MR) is 90.4 cm³/mol. The molecule has 25 heavy (non-hydrogen) atoms. The number of carbonyl (C=O) groups excluding carboxylic acids is 1. The number of hydrogen-bond acceptors (Lipinski definition) is 5. The second-order valence-corrected chi connectivity index (χ2v) is 5.31. The molecular formula is C19H16FN3O2. The van der Waals surface area contributed by atoms with E-state index in [0.29, 0.717) is 23.4 Å². The van der Waals surface area contributed by atoms with Gasteiger partial charge in [0.15, 0.2) is 5.69 Å². The molecule has 2 aromatic heterocycles. The zero-order valence-electron chi connectivity index (χ0n) is 13.6. The second-order valence-electron chi connectivity index (χ2n) is 5.31. The lowest BCUT2D eigenvalue weighted by Crippen LogP contribution is -2.13. The molecule has 0 aliphatic carbocycles. The summed E-state index contributed by atoms with van der Waals surface area (Å²) in [5, 5.41) is 0. The third-order valence-electron chi connectivity index (χ3n) is 3.55. The molecule has 126 valence electrons. The van der Waals surface area contributed by atoms with Crippen LogP contribution in [0.5, 0.6) is 0 Å². The van der Waals surface area contributed by atoms with Crippen molar-refractivity contribution in [3.63, 3.8) is 0 Å². The van der Waals surface area contributed by atoms with E-state index < -0.39 is 5.97 Å². The van der Waals surface area contributed by atoms with E-state index >= 15 is 0 Å². The summed E-state index contributed by atoms with van der Waals surface area (Å²) in [5.74, 6) is -0.880. The summed E-state index contributed by atoms with van der Waals surface area (Å²) < 4.78 is 18.5. The van der Waals surface area contributed by atoms with E-state index in [1.807, 2.05) is 12.1 Å². The molecular weight excluding hydrogens is 321 g/mol. The van der Waals surface area contributed by atoms with E-state index in [1.165, 1.54) is 18.3 Å². The van der Waals surface area contributed by atoms with Crippen LogP contribution in [-0.2, 0) is 11.2 Å². The Bertz CT molecular complexity index is 885. The van der Waals surface area contributed by atoms with Gasteiger partial charge in [-0.2, -0.15) is 0 Å². The summed E-state index contributed by atoms with van der Waals surface area (Å²) in [4.78, 5) is 24.9. The number of esters is 1. The molecule has 0 saturated carbocycles. The maximum atomic E-state index is 13.5. The van der Waals surface area contributed by atoms with Crippen molar-refractivity contribution in [2.45, 2.75) is 13.3 Å². The van der Waals surface area contributed by atoms with Crippen LogP contribution in [0.4, 0.5) is 4.39 Å². The topological polar surface area (TPSA) is 65.0 Å². The van der Waals surface area contributed by atoms with Crippen LogP contribution in [0.25, 0.3) is 11.3 Å². The summed E-state index contributed by atoms with van der Waals surface area (Å²) in [7, 11) is 0. The van der Waals surface area contributed by atoms with Crippen molar-refractivity contribution in [3.05, 3.63) is 77.8 Å². The Morgan fingerprint density at radius 3 is 2.72 bits per heavy atom. The summed E-state index contributed by atoms with van der Waals surface area (Å²) in [6.07, 6.45) is 5.19. The Hall–Kier alpha value is -3.15. The van der Waals surface area contributed by atoms with Crippen molar-refractivity contribution in [1.29, 1.82) is 0 Å². The van der Waals surface area contributed by atoms with Gasteiger partial charge in [0.2, 0.25) is 0 Å². The summed E-state index contributed by atoms with van der Waals surface area (Å²) >= 11 is 0. The maximum absolute atomic E-state index is 13.5. The highest BCUT2D eigenvalue weighted by Crippen LogP contribution is 2.20. The fraction of sp³-hybridized carbons (Fsp3) is 0.158. The third kappa shape index (κ3) is 4.03. The number of benzene rings is 1. The molecule has 0 aliphatic rings. The molecule has 0 amide bonds. The van der Waals surface area contributed by atoms with Crippen LogP contribution in [0.1, 0.15) is 28.7 Å². The molecule has 0 atom stereocenters. The molecule has 0 spiro atoms. The van der Waals surface area contributed by atoms with Crippen LogP contribution in [0, 0.1) is 5.82 Å². The van der Waals surface area contributed by atoms with Crippen molar-refractivity contribution in [2.75, 3.05) is 6.61 Å². The van der Waals surface area contributed by atoms with Crippen LogP contribution < -0.4 is 0 Å². The van der Waals surface area contributed by atoms with Crippen LogP contribution >= 0.6 is 0 Å². The van der Waals surface area contributed by atoms with Crippen LogP contribution in [0.15, 0.2) is 55.0 Å². The number of carbonyl (C=O) groups is 1. The molecule has 0 fully saturated rings. The largest absolute Gasteiger partial charge is 0.461 e. The molecule has 0 saturated heterocycles. The Kier molecular flexibility index (Phi) is 5.09. The average Bonchev–Trinajstić information content (AvgIpc) is 2.63. The molecule has 2 heterocycles. The summed E-state index contributed by atoms with van der Waals surface area (Å²) in [6.45, 7) is 1.98. The maximum Gasteiger partial charge on any atom is 0.358 e. The Morgan fingerprint density at radius 2 is 2.00 bits per heavy atom. The summed E-state index contributed by atoms with van der Waals surface area (Å²) in [5.41, 5.74) is 2.67. The quantitative estimate of drug-likeness (QED) is 0.667. The lowest BCUT2D eigenvalue weighted by molar-refractivity contribution is 0.0517. The molecule has 0 aliphatic heterocycles. The van der Waals surface area contributed by atoms with Gasteiger partial charge >= 0.3 is 5.97 Å². The first kappa shape index (κ1) is 16.7. The Labute approximate surface area is 144 Å². The molecule has 3 rings (SSSR count). The number of rotatable bonds is 5. The first-order valence-corrected chi connectivity index (χ1v) is 7.85. The van der Waals surface area contributed by atoms with E-state index in [-0.39, 0.29) is 18.1 Å². The SMILES string of the molecule is CCOC(=O)c1ncc(-c2cccc(F)c2)nc1Cc1ccncc1. The van der Waals surface area contributed by atoms with Gasteiger partial charge < -0.3 is 4.74 Å². The van der Waals surface area contributed by atoms with E-state index in [9.17, 15) is 9.18 Å². The zero-order valence-corrected chi connectivity index (χ0v) is 13.6. The van der Waals surface area contributed by atoms with E-state index in [4.69, 9.17) is 4.74 Å². The van der Waals surface area contributed by atoms with Gasteiger partial charge in [-0.25, -0.2) is 19.2 Å². The number of ether oxygens (including phenoxy) is 1. The molecule has 0 N–H and O–H groups in total. The Balaban J connectivity index is 2.03. The second kappa shape index (κ2) is 7.61. The summed E-state index contributed by atoms with van der Waals surface area (Å²) in [6, 6.07) is 9.77.